The maximum atomic E-state index is 12.4. The highest BCUT2D eigenvalue weighted by Crippen LogP contribution is 2.20. The molecule has 0 aliphatic rings. The molecule has 1 unspecified atom stereocenters. The Balaban J connectivity index is 2.21. The summed E-state index contributed by atoms with van der Waals surface area (Å²) < 4.78 is 1.96. The lowest BCUT2D eigenvalue weighted by molar-refractivity contribution is -0.134. The van der Waals surface area contributed by atoms with E-state index in [2.05, 4.69) is 18.9 Å². The molecule has 1 amide bonds. The number of aryl methyl sites for hydroxylation is 1. The predicted molar refractivity (Wildman–Crippen MR) is 93.6 cm³/mol. The first-order chi connectivity index (χ1) is 11.0. The van der Waals surface area contributed by atoms with Gasteiger partial charge < -0.3 is 4.90 Å². The molecule has 0 N–H and O–H groups in total. The van der Waals surface area contributed by atoms with Gasteiger partial charge in [0.25, 0.3) is 0 Å². The molecule has 0 radical (unpaired) electrons. The van der Waals surface area contributed by atoms with Crippen LogP contribution < -0.4 is 0 Å². The summed E-state index contributed by atoms with van der Waals surface area (Å²) in [7, 11) is 1.88. The molecule has 0 saturated heterocycles. The first-order valence-corrected chi connectivity index (χ1v) is 8.31. The van der Waals surface area contributed by atoms with Crippen LogP contribution in [0.5, 0.6) is 0 Å². The van der Waals surface area contributed by atoms with Crippen LogP contribution in [0.25, 0.3) is 5.69 Å². The molecular formula is C19H27N3O. The Morgan fingerprint density at radius 3 is 2.52 bits per heavy atom. The van der Waals surface area contributed by atoms with Crippen LogP contribution in [0.3, 0.4) is 0 Å². The van der Waals surface area contributed by atoms with E-state index in [1.54, 1.807) is 0 Å². The number of para-hydroxylation sites is 1. The molecular weight excluding hydrogens is 286 g/mol. The summed E-state index contributed by atoms with van der Waals surface area (Å²) in [4.78, 5) is 14.3. The Bertz CT molecular complexity index is 661. The number of hydrogen-bond acceptors (Lipinski definition) is 2. The summed E-state index contributed by atoms with van der Waals surface area (Å²) in [5.74, 6) is 0.285. The van der Waals surface area contributed by atoms with Crippen molar-refractivity contribution in [1.82, 2.24) is 14.7 Å². The number of amides is 1. The second kappa shape index (κ2) is 7.44. The lowest BCUT2D eigenvalue weighted by Crippen LogP contribution is -2.31. The molecule has 1 atom stereocenters. The summed E-state index contributed by atoms with van der Waals surface area (Å²) >= 11 is 0. The van der Waals surface area contributed by atoms with E-state index in [0.717, 1.165) is 35.5 Å². The van der Waals surface area contributed by atoms with Gasteiger partial charge in [-0.3, -0.25) is 4.79 Å². The monoisotopic (exact) mass is 313 g/mol. The molecule has 0 fully saturated rings. The first kappa shape index (κ1) is 17.3. The SMILES string of the molecule is CCCC(C)C(=O)N(C)Cc1c(C)nn(-c2ccccc2)c1C. The minimum Gasteiger partial charge on any atom is -0.341 e. The summed E-state index contributed by atoms with van der Waals surface area (Å²) in [5.41, 5.74) is 4.26. The maximum Gasteiger partial charge on any atom is 0.225 e. The van der Waals surface area contributed by atoms with Crippen LogP contribution >= 0.6 is 0 Å². The van der Waals surface area contributed by atoms with E-state index < -0.39 is 0 Å². The zero-order chi connectivity index (χ0) is 17.0. The number of benzene rings is 1. The Kier molecular flexibility index (Phi) is 5.59. The molecule has 124 valence electrons. The van der Waals surface area contributed by atoms with Gasteiger partial charge in [0.1, 0.15) is 0 Å². The van der Waals surface area contributed by atoms with Crippen molar-refractivity contribution in [2.24, 2.45) is 5.92 Å². The predicted octanol–water partition coefficient (Wildman–Crippen LogP) is 3.88. The van der Waals surface area contributed by atoms with Gasteiger partial charge in [-0.25, -0.2) is 4.68 Å². The molecule has 0 spiro atoms. The third-order valence-electron chi connectivity index (χ3n) is 4.36. The first-order valence-electron chi connectivity index (χ1n) is 8.31. The molecule has 0 aliphatic heterocycles. The number of hydrogen-bond donors (Lipinski definition) is 0. The van der Waals surface area contributed by atoms with Gasteiger partial charge in [-0.2, -0.15) is 5.10 Å². The molecule has 2 aromatic rings. The van der Waals surface area contributed by atoms with Gasteiger partial charge in [0.2, 0.25) is 5.91 Å². The molecule has 4 nitrogen and oxygen atoms in total. The maximum absolute atomic E-state index is 12.4. The van der Waals surface area contributed by atoms with Crippen LogP contribution in [0.4, 0.5) is 0 Å². The molecule has 0 aliphatic carbocycles. The van der Waals surface area contributed by atoms with Crippen LogP contribution in [-0.4, -0.2) is 27.6 Å². The van der Waals surface area contributed by atoms with E-state index in [-0.39, 0.29) is 11.8 Å². The summed E-state index contributed by atoms with van der Waals surface area (Å²) in [6.45, 7) is 8.81. The third kappa shape index (κ3) is 3.81. The third-order valence-corrected chi connectivity index (χ3v) is 4.36. The number of aromatic nitrogens is 2. The number of carbonyl (C=O) groups is 1. The van der Waals surface area contributed by atoms with Crippen LogP contribution in [0.15, 0.2) is 30.3 Å². The fourth-order valence-corrected chi connectivity index (χ4v) is 2.97. The van der Waals surface area contributed by atoms with Crippen molar-refractivity contribution < 1.29 is 4.79 Å². The molecule has 1 aromatic heterocycles. The largest absolute Gasteiger partial charge is 0.341 e. The fraction of sp³-hybridized carbons (Fsp3) is 0.474. The summed E-state index contributed by atoms with van der Waals surface area (Å²) in [6.07, 6.45) is 1.97. The van der Waals surface area contributed by atoms with Crippen LogP contribution in [-0.2, 0) is 11.3 Å². The van der Waals surface area contributed by atoms with E-state index in [4.69, 9.17) is 0 Å². The van der Waals surface area contributed by atoms with Gasteiger partial charge >= 0.3 is 0 Å². The second-order valence-electron chi connectivity index (χ2n) is 6.28. The van der Waals surface area contributed by atoms with Gasteiger partial charge in [-0.05, 0) is 32.4 Å². The van der Waals surface area contributed by atoms with Gasteiger partial charge in [-0.1, -0.05) is 38.5 Å². The van der Waals surface area contributed by atoms with Crippen LogP contribution in [0.2, 0.25) is 0 Å². The molecule has 1 heterocycles. The fourth-order valence-electron chi connectivity index (χ4n) is 2.97. The van der Waals surface area contributed by atoms with Gasteiger partial charge in [0.05, 0.1) is 11.4 Å². The normalized spacial score (nSPS) is 12.2. The Morgan fingerprint density at radius 1 is 1.26 bits per heavy atom. The van der Waals surface area contributed by atoms with Crippen molar-refractivity contribution in [3.8, 4) is 5.69 Å². The summed E-state index contributed by atoms with van der Waals surface area (Å²) in [6, 6.07) is 10.1. The van der Waals surface area contributed by atoms with E-state index >= 15 is 0 Å². The number of rotatable bonds is 6. The van der Waals surface area contributed by atoms with Crippen molar-refractivity contribution in [3.05, 3.63) is 47.3 Å². The number of carbonyl (C=O) groups excluding carboxylic acids is 1. The molecule has 0 saturated carbocycles. The second-order valence-corrected chi connectivity index (χ2v) is 6.28. The summed E-state index contributed by atoms with van der Waals surface area (Å²) in [5, 5.41) is 4.65. The molecule has 1 aromatic carbocycles. The Labute approximate surface area is 139 Å². The van der Waals surface area contributed by atoms with E-state index in [1.807, 2.05) is 60.8 Å². The van der Waals surface area contributed by atoms with Crippen LogP contribution in [0.1, 0.15) is 43.6 Å². The van der Waals surface area contributed by atoms with Crippen molar-refractivity contribution in [2.75, 3.05) is 7.05 Å². The Hall–Kier alpha value is -2.10. The molecule has 2 rings (SSSR count). The van der Waals surface area contributed by atoms with Crippen molar-refractivity contribution in [3.63, 3.8) is 0 Å². The highest BCUT2D eigenvalue weighted by molar-refractivity contribution is 5.78. The zero-order valence-corrected chi connectivity index (χ0v) is 14.8. The minimum atomic E-state index is 0.0785. The van der Waals surface area contributed by atoms with Crippen molar-refractivity contribution >= 4 is 5.91 Å². The van der Waals surface area contributed by atoms with Gasteiger partial charge in [0, 0.05) is 30.8 Å². The number of nitrogens with zero attached hydrogens (tertiary/aromatic N) is 3. The zero-order valence-electron chi connectivity index (χ0n) is 14.8. The highest BCUT2D eigenvalue weighted by atomic mass is 16.2. The van der Waals surface area contributed by atoms with Crippen molar-refractivity contribution in [1.29, 1.82) is 0 Å². The average molecular weight is 313 g/mol. The van der Waals surface area contributed by atoms with Crippen molar-refractivity contribution in [2.45, 2.75) is 47.1 Å². The molecule has 23 heavy (non-hydrogen) atoms. The highest BCUT2D eigenvalue weighted by Gasteiger charge is 2.20. The lowest BCUT2D eigenvalue weighted by atomic mass is 10.0. The lowest BCUT2D eigenvalue weighted by Gasteiger charge is -2.21. The Morgan fingerprint density at radius 2 is 1.91 bits per heavy atom. The van der Waals surface area contributed by atoms with Gasteiger partial charge in [-0.15, -0.1) is 0 Å². The minimum absolute atomic E-state index is 0.0785. The van der Waals surface area contributed by atoms with E-state index in [1.165, 1.54) is 0 Å². The topological polar surface area (TPSA) is 38.1 Å². The van der Waals surface area contributed by atoms with E-state index in [9.17, 15) is 4.79 Å². The van der Waals surface area contributed by atoms with Gasteiger partial charge in [0.15, 0.2) is 0 Å². The van der Waals surface area contributed by atoms with E-state index in [0.29, 0.717) is 6.54 Å². The standard InChI is InChI=1S/C19H27N3O/c1-6-10-14(2)19(23)21(5)13-18-15(3)20-22(16(18)4)17-11-8-7-9-12-17/h7-9,11-12,14H,6,10,13H2,1-5H3. The molecule has 4 heteroatoms. The quantitative estimate of drug-likeness (QED) is 0.811. The van der Waals surface area contributed by atoms with Crippen LogP contribution in [0, 0.1) is 19.8 Å². The molecule has 0 bridgehead atoms. The smallest absolute Gasteiger partial charge is 0.225 e. The average Bonchev–Trinajstić information content (AvgIpc) is 2.83.